The van der Waals surface area contributed by atoms with Crippen molar-refractivity contribution in [3.05, 3.63) is 36.5 Å². The van der Waals surface area contributed by atoms with Gasteiger partial charge in [-0.25, -0.2) is 4.18 Å². The van der Waals surface area contributed by atoms with Gasteiger partial charge in [-0.15, -0.1) is 0 Å². The maximum atomic E-state index is 13.1. The summed E-state index contributed by atoms with van der Waals surface area (Å²) >= 11 is 0. The molecule has 1 amide bonds. The predicted octanol–water partition coefficient (Wildman–Crippen LogP) is 11.8. The lowest BCUT2D eigenvalue weighted by atomic mass is 9.99. The number of aliphatic hydroxyl groups is 4. The van der Waals surface area contributed by atoms with Crippen molar-refractivity contribution in [3.8, 4) is 0 Å². The number of nitrogens with one attached hydrogen (secondary N) is 1. The Hall–Kier alpha value is -1.68. The van der Waals surface area contributed by atoms with Gasteiger partial charge >= 0.3 is 10.4 Å². The SMILES string of the molecule is CCCCCCCCCCC/C=C\C/C=C\CCCCCCCCCC(=O)NC(COC1OC(CO)C(O)C(OS(=O)(=O)O)C1O)C(O)/C=C/CCCCCCCCCCCCCCCC. The number of hydrogen-bond donors (Lipinski definition) is 6. The van der Waals surface area contributed by atoms with Crippen LogP contribution in [0.5, 0.6) is 0 Å². The number of rotatable bonds is 46. The number of carbonyl (C=O) groups excluding carboxylic acids is 1. The highest BCUT2D eigenvalue weighted by molar-refractivity contribution is 7.80. The fraction of sp³-hybridized carbons (Fsp3) is 0.868. The summed E-state index contributed by atoms with van der Waals surface area (Å²) in [5.41, 5.74) is 0. The first-order chi connectivity index (χ1) is 32.0. The van der Waals surface area contributed by atoms with Crippen LogP contribution in [0.25, 0.3) is 0 Å². The number of amides is 1. The van der Waals surface area contributed by atoms with Crippen molar-refractivity contribution < 1.29 is 51.8 Å². The van der Waals surface area contributed by atoms with Crippen LogP contribution in [0.2, 0.25) is 0 Å². The topological polar surface area (TPSA) is 192 Å². The Morgan fingerprint density at radius 2 is 1.02 bits per heavy atom. The number of allylic oxidation sites excluding steroid dienone is 5. The van der Waals surface area contributed by atoms with E-state index in [1.807, 2.05) is 6.08 Å². The molecule has 0 spiro atoms. The highest BCUT2D eigenvalue weighted by Crippen LogP contribution is 2.26. The van der Waals surface area contributed by atoms with Crippen LogP contribution in [0.15, 0.2) is 36.5 Å². The number of carbonyl (C=O) groups is 1. The largest absolute Gasteiger partial charge is 0.397 e. The van der Waals surface area contributed by atoms with Crippen LogP contribution < -0.4 is 5.32 Å². The molecule has 0 radical (unpaired) electrons. The van der Waals surface area contributed by atoms with Gasteiger partial charge in [-0.05, 0) is 51.4 Å². The Morgan fingerprint density at radius 3 is 1.44 bits per heavy atom. The van der Waals surface area contributed by atoms with Gasteiger partial charge in [0.15, 0.2) is 6.29 Å². The summed E-state index contributed by atoms with van der Waals surface area (Å²) in [6.07, 6.45) is 44.6. The van der Waals surface area contributed by atoms with E-state index in [0.717, 1.165) is 57.8 Å². The molecule has 0 aromatic rings. The van der Waals surface area contributed by atoms with Gasteiger partial charge in [-0.3, -0.25) is 9.35 Å². The van der Waals surface area contributed by atoms with E-state index in [1.165, 1.54) is 154 Å². The molecular formula is C53H99NO11S. The fourth-order valence-electron chi connectivity index (χ4n) is 8.49. The van der Waals surface area contributed by atoms with E-state index in [0.29, 0.717) is 6.42 Å². The van der Waals surface area contributed by atoms with Crippen LogP contribution in [0.3, 0.4) is 0 Å². The van der Waals surface area contributed by atoms with Crippen LogP contribution in [0.4, 0.5) is 0 Å². The maximum absolute atomic E-state index is 13.1. The lowest BCUT2D eigenvalue weighted by molar-refractivity contribution is -0.298. The normalized spacial score (nSPS) is 20.3. The molecule has 7 atom stereocenters. The maximum Gasteiger partial charge on any atom is 0.397 e. The molecule has 66 heavy (non-hydrogen) atoms. The van der Waals surface area contributed by atoms with Crippen LogP contribution in [0, 0.1) is 0 Å². The summed E-state index contributed by atoms with van der Waals surface area (Å²) in [6.45, 7) is 3.40. The number of ether oxygens (including phenoxy) is 2. The van der Waals surface area contributed by atoms with Gasteiger partial charge in [0.25, 0.3) is 0 Å². The third-order valence-corrected chi connectivity index (χ3v) is 13.1. The van der Waals surface area contributed by atoms with Crippen molar-refractivity contribution in [1.82, 2.24) is 5.32 Å². The van der Waals surface area contributed by atoms with Crippen LogP contribution >= 0.6 is 0 Å². The van der Waals surface area contributed by atoms with Crippen LogP contribution in [0.1, 0.15) is 239 Å². The molecule has 6 N–H and O–H groups in total. The van der Waals surface area contributed by atoms with E-state index >= 15 is 0 Å². The van der Waals surface area contributed by atoms with Crippen LogP contribution in [-0.4, -0.2) is 95.4 Å². The van der Waals surface area contributed by atoms with Gasteiger partial charge in [0.1, 0.15) is 24.4 Å². The van der Waals surface area contributed by atoms with Crippen molar-refractivity contribution in [1.29, 1.82) is 0 Å². The number of aliphatic hydroxyl groups excluding tert-OH is 4. The summed E-state index contributed by atoms with van der Waals surface area (Å²) in [5, 5.41) is 44.9. The Morgan fingerprint density at radius 1 is 0.606 bits per heavy atom. The average Bonchev–Trinajstić information content (AvgIpc) is 3.29. The first-order valence-electron chi connectivity index (χ1n) is 26.9. The minimum atomic E-state index is -5.09. The second kappa shape index (κ2) is 43.3. The summed E-state index contributed by atoms with van der Waals surface area (Å²) < 4.78 is 47.7. The lowest BCUT2D eigenvalue weighted by Gasteiger charge is -2.41. The van der Waals surface area contributed by atoms with E-state index in [-0.39, 0.29) is 18.9 Å². The summed E-state index contributed by atoms with van der Waals surface area (Å²) in [5.74, 6) is -0.269. The summed E-state index contributed by atoms with van der Waals surface area (Å²) in [4.78, 5) is 13.1. The molecule has 1 aliphatic rings. The molecule has 0 bridgehead atoms. The van der Waals surface area contributed by atoms with Crippen molar-refractivity contribution in [3.63, 3.8) is 0 Å². The molecular weight excluding hydrogens is 859 g/mol. The Kier molecular flexibility index (Phi) is 40.9. The second-order valence-electron chi connectivity index (χ2n) is 18.8. The molecule has 1 aliphatic heterocycles. The highest BCUT2D eigenvalue weighted by Gasteiger charge is 2.48. The summed E-state index contributed by atoms with van der Waals surface area (Å²) in [6, 6.07) is -0.948. The molecule has 0 aliphatic carbocycles. The van der Waals surface area contributed by atoms with E-state index in [1.54, 1.807) is 6.08 Å². The molecule has 1 rings (SSSR count). The van der Waals surface area contributed by atoms with Crippen LogP contribution in [-0.2, 0) is 28.9 Å². The molecule has 0 saturated carbocycles. The first-order valence-corrected chi connectivity index (χ1v) is 28.2. The molecule has 7 unspecified atom stereocenters. The summed E-state index contributed by atoms with van der Waals surface area (Å²) in [7, 11) is -5.09. The van der Waals surface area contributed by atoms with E-state index in [9.17, 15) is 38.2 Å². The molecule has 1 fully saturated rings. The van der Waals surface area contributed by atoms with Gasteiger partial charge < -0.3 is 35.2 Å². The smallest absolute Gasteiger partial charge is 0.394 e. The molecule has 13 heteroatoms. The van der Waals surface area contributed by atoms with Gasteiger partial charge in [0.2, 0.25) is 5.91 Å². The molecule has 1 heterocycles. The van der Waals surface area contributed by atoms with Crippen molar-refractivity contribution >= 4 is 16.3 Å². The van der Waals surface area contributed by atoms with Gasteiger partial charge in [-0.2, -0.15) is 8.42 Å². The van der Waals surface area contributed by atoms with Gasteiger partial charge in [0, 0.05) is 6.42 Å². The predicted molar refractivity (Wildman–Crippen MR) is 268 cm³/mol. The van der Waals surface area contributed by atoms with E-state index < -0.39 is 59.9 Å². The second-order valence-corrected chi connectivity index (χ2v) is 19.9. The van der Waals surface area contributed by atoms with E-state index in [2.05, 4.69) is 47.7 Å². The zero-order valence-electron chi connectivity index (χ0n) is 41.8. The molecule has 0 aromatic heterocycles. The van der Waals surface area contributed by atoms with Crippen molar-refractivity contribution in [2.24, 2.45) is 0 Å². The van der Waals surface area contributed by atoms with E-state index in [4.69, 9.17) is 9.47 Å². The Balaban J connectivity index is 2.43. The third-order valence-electron chi connectivity index (χ3n) is 12.7. The fourth-order valence-corrected chi connectivity index (χ4v) is 8.99. The van der Waals surface area contributed by atoms with Crippen molar-refractivity contribution in [2.75, 3.05) is 13.2 Å². The van der Waals surface area contributed by atoms with Gasteiger partial charge in [0.05, 0.1) is 25.4 Å². The zero-order valence-corrected chi connectivity index (χ0v) is 42.6. The average molecular weight is 958 g/mol. The minimum absolute atomic E-state index is 0.260. The molecule has 12 nitrogen and oxygen atoms in total. The quantitative estimate of drug-likeness (QED) is 0.0193. The highest BCUT2D eigenvalue weighted by atomic mass is 32.3. The standard InChI is InChI=1S/C53H99NO11S/c1-3-5-7-9-11-13-15-17-19-21-22-23-24-25-26-27-29-31-33-35-37-39-41-43-49(57)54-46(45-63-53-51(59)52(65-66(60,61)62)50(58)48(44-55)64-53)47(56)42-40-38-36-34-32-30-28-20-18-16-14-12-10-8-6-4-2/h22-23,25-26,40,42,46-48,50-53,55-56,58-59H,3-21,24,27-39,41,43-45H2,1-2H3,(H,54,57)(H,60,61,62)/b23-22-,26-25-,42-40+. The molecule has 1 saturated heterocycles. The monoisotopic (exact) mass is 958 g/mol. The molecule has 388 valence electrons. The Labute approximate surface area is 403 Å². The third kappa shape index (κ3) is 35.4. The zero-order chi connectivity index (χ0) is 48.4. The number of hydrogen-bond acceptors (Lipinski definition) is 10. The molecule has 0 aromatic carbocycles. The Bertz CT molecular complexity index is 1310. The number of unbranched alkanes of at least 4 members (excludes halogenated alkanes) is 30. The lowest BCUT2D eigenvalue weighted by Crippen LogP contribution is -2.61. The first kappa shape index (κ1) is 62.3. The van der Waals surface area contributed by atoms with Crippen molar-refractivity contribution in [2.45, 2.75) is 281 Å². The minimum Gasteiger partial charge on any atom is -0.394 e. The van der Waals surface area contributed by atoms with Gasteiger partial charge in [-0.1, -0.05) is 217 Å².